The molecule has 0 saturated heterocycles. The molecular formula is C12H12F2O. The van der Waals surface area contributed by atoms with Gasteiger partial charge in [-0.15, -0.1) is 0 Å². The Morgan fingerprint density at radius 2 is 1.93 bits per heavy atom. The fourth-order valence-electron chi connectivity index (χ4n) is 1.25. The SMILES string of the molecule is C=CC(F)(F)c1ccc(CC(C)=O)cc1. The van der Waals surface area contributed by atoms with Crippen LogP contribution in [0.1, 0.15) is 18.1 Å². The monoisotopic (exact) mass is 210 g/mol. The molecule has 80 valence electrons. The average molecular weight is 210 g/mol. The Bertz CT molecular complexity index is 366. The first-order valence-corrected chi connectivity index (χ1v) is 4.56. The summed E-state index contributed by atoms with van der Waals surface area (Å²) in [6.07, 6.45) is 0.882. The van der Waals surface area contributed by atoms with Gasteiger partial charge in [-0.1, -0.05) is 30.8 Å². The van der Waals surface area contributed by atoms with Gasteiger partial charge in [0.05, 0.1) is 0 Å². The molecule has 0 saturated carbocycles. The highest BCUT2D eigenvalue weighted by Crippen LogP contribution is 2.28. The third-order valence-corrected chi connectivity index (χ3v) is 2.05. The van der Waals surface area contributed by atoms with Gasteiger partial charge in [0, 0.05) is 12.0 Å². The van der Waals surface area contributed by atoms with Crippen LogP contribution in [0.4, 0.5) is 8.78 Å². The zero-order chi connectivity index (χ0) is 11.5. The normalized spacial score (nSPS) is 11.1. The van der Waals surface area contributed by atoms with Gasteiger partial charge in [0.2, 0.25) is 0 Å². The number of ketones is 1. The van der Waals surface area contributed by atoms with E-state index in [2.05, 4.69) is 6.58 Å². The maximum Gasteiger partial charge on any atom is 0.291 e. The molecule has 0 aliphatic rings. The summed E-state index contributed by atoms with van der Waals surface area (Å²) in [6.45, 7) is 4.54. The van der Waals surface area contributed by atoms with Crippen LogP contribution in [-0.2, 0) is 17.1 Å². The Morgan fingerprint density at radius 1 is 1.40 bits per heavy atom. The topological polar surface area (TPSA) is 17.1 Å². The molecule has 1 aromatic carbocycles. The van der Waals surface area contributed by atoms with Crippen molar-refractivity contribution in [2.45, 2.75) is 19.3 Å². The summed E-state index contributed by atoms with van der Waals surface area (Å²) in [5, 5.41) is 0. The van der Waals surface area contributed by atoms with E-state index in [0.717, 1.165) is 5.56 Å². The van der Waals surface area contributed by atoms with Gasteiger partial charge in [0.25, 0.3) is 5.92 Å². The largest absolute Gasteiger partial charge is 0.300 e. The predicted octanol–water partition coefficient (Wildman–Crippen LogP) is 3.10. The first-order chi connectivity index (χ1) is 6.95. The highest BCUT2D eigenvalue weighted by atomic mass is 19.3. The van der Waals surface area contributed by atoms with Crippen LogP contribution in [-0.4, -0.2) is 5.78 Å². The van der Waals surface area contributed by atoms with Crippen LogP contribution in [0.15, 0.2) is 36.9 Å². The number of rotatable bonds is 4. The van der Waals surface area contributed by atoms with Crippen molar-refractivity contribution in [1.82, 2.24) is 0 Å². The Hall–Kier alpha value is -1.51. The van der Waals surface area contributed by atoms with Crippen molar-refractivity contribution in [3.05, 3.63) is 48.0 Å². The molecule has 0 aliphatic heterocycles. The average Bonchev–Trinajstić information content (AvgIpc) is 2.18. The van der Waals surface area contributed by atoms with Gasteiger partial charge < -0.3 is 0 Å². The number of allylic oxidation sites excluding steroid dienone is 1. The Kier molecular flexibility index (Phi) is 3.35. The molecule has 0 bridgehead atoms. The summed E-state index contributed by atoms with van der Waals surface area (Å²) in [4.78, 5) is 10.8. The van der Waals surface area contributed by atoms with Gasteiger partial charge in [0.1, 0.15) is 5.78 Å². The van der Waals surface area contributed by atoms with E-state index in [0.29, 0.717) is 6.08 Å². The summed E-state index contributed by atoms with van der Waals surface area (Å²) in [5.74, 6) is -2.99. The molecule has 0 radical (unpaired) electrons. The summed E-state index contributed by atoms with van der Waals surface area (Å²) in [6, 6.07) is 5.71. The van der Waals surface area contributed by atoms with Gasteiger partial charge in [-0.25, -0.2) is 0 Å². The van der Waals surface area contributed by atoms with Crippen molar-refractivity contribution < 1.29 is 13.6 Å². The maximum absolute atomic E-state index is 13.1. The number of carbonyl (C=O) groups is 1. The lowest BCUT2D eigenvalue weighted by Crippen LogP contribution is -2.08. The van der Waals surface area contributed by atoms with Crippen LogP contribution < -0.4 is 0 Å². The van der Waals surface area contributed by atoms with E-state index in [1.165, 1.54) is 31.2 Å². The van der Waals surface area contributed by atoms with Crippen molar-refractivity contribution >= 4 is 5.78 Å². The predicted molar refractivity (Wildman–Crippen MR) is 54.9 cm³/mol. The second-order valence-electron chi connectivity index (χ2n) is 3.40. The molecule has 1 aromatic rings. The minimum Gasteiger partial charge on any atom is -0.300 e. The fraction of sp³-hybridized carbons (Fsp3) is 0.250. The molecule has 15 heavy (non-hydrogen) atoms. The zero-order valence-corrected chi connectivity index (χ0v) is 8.47. The number of hydrogen-bond donors (Lipinski definition) is 0. The van der Waals surface area contributed by atoms with E-state index in [9.17, 15) is 13.6 Å². The zero-order valence-electron chi connectivity index (χ0n) is 8.47. The van der Waals surface area contributed by atoms with Crippen LogP contribution in [0.3, 0.4) is 0 Å². The number of hydrogen-bond acceptors (Lipinski definition) is 1. The number of halogens is 2. The van der Waals surface area contributed by atoms with E-state index < -0.39 is 5.92 Å². The molecule has 0 unspecified atom stereocenters. The molecule has 3 heteroatoms. The number of Topliss-reactive ketones (excluding diaryl/α,β-unsaturated/α-hetero) is 1. The minimum atomic E-state index is -3.01. The Morgan fingerprint density at radius 3 is 2.33 bits per heavy atom. The van der Waals surface area contributed by atoms with Crippen LogP contribution in [0.5, 0.6) is 0 Å². The third-order valence-electron chi connectivity index (χ3n) is 2.05. The van der Waals surface area contributed by atoms with Crippen LogP contribution in [0.2, 0.25) is 0 Å². The molecule has 0 N–H and O–H groups in total. The molecule has 0 atom stereocenters. The van der Waals surface area contributed by atoms with Crippen molar-refractivity contribution in [1.29, 1.82) is 0 Å². The van der Waals surface area contributed by atoms with Crippen LogP contribution in [0, 0.1) is 0 Å². The smallest absolute Gasteiger partial charge is 0.291 e. The molecule has 1 rings (SSSR count). The number of carbonyl (C=O) groups excluding carboxylic acids is 1. The quantitative estimate of drug-likeness (QED) is 0.698. The van der Waals surface area contributed by atoms with E-state index in [1.54, 1.807) is 0 Å². The molecule has 0 fully saturated rings. The molecular weight excluding hydrogens is 198 g/mol. The van der Waals surface area contributed by atoms with Gasteiger partial charge in [-0.2, -0.15) is 8.78 Å². The summed E-state index contributed by atoms with van der Waals surface area (Å²) < 4.78 is 26.2. The second-order valence-corrected chi connectivity index (χ2v) is 3.40. The van der Waals surface area contributed by atoms with E-state index >= 15 is 0 Å². The van der Waals surface area contributed by atoms with Gasteiger partial charge in [-0.05, 0) is 18.6 Å². The third kappa shape index (κ3) is 2.98. The van der Waals surface area contributed by atoms with Crippen molar-refractivity contribution in [3.63, 3.8) is 0 Å². The first kappa shape index (κ1) is 11.6. The van der Waals surface area contributed by atoms with Crippen LogP contribution in [0.25, 0.3) is 0 Å². The van der Waals surface area contributed by atoms with Gasteiger partial charge >= 0.3 is 0 Å². The van der Waals surface area contributed by atoms with Crippen molar-refractivity contribution in [3.8, 4) is 0 Å². The maximum atomic E-state index is 13.1. The summed E-state index contributed by atoms with van der Waals surface area (Å²) in [5.41, 5.74) is 0.635. The van der Waals surface area contributed by atoms with Gasteiger partial charge in [-0.3, -0.25) is 4.79 Å². The van der Waals surface area contributed by atoms with Crippen molar-refractivity contribution in [2.24, 2.45) is 0 Å². The Labute approximate surface area is 87.4 Å². The fourth-order valence-corrected chi connectivity index (χ4v) is 1.25. The highest BCUT2D eigenvalue weighted by molar-refractivity contribution is 5.78. The molecule has 1 nitrogen and oxygen atoms in total. The molecule has 0 aliphatic carbocycles. The number of benzene rings is 1. The lowest BCUT2D eigenvalue weighted by atomic mass is 10.0. The van der Waals surface area contributed by atoms with Gasteiger partial charge in [0.15, 0.2) is 0 Å². The second kappa shape index (κ2) is 4.34. The van der Waals surface area contributed by atoms with Crippen LogP contribution >= 0.6 is 0 Å². The highest BCUT2D eigenvalue weighted by Gasteiger charge is 2.26. The minimum absolute atomic E-state index is 0.0123. The Balaban J connectivity index is 2.90. The van der Waals surface area contributed by atoms with Crippen molar-refractivity contribution in [2.75, 3.05) is 0 Å². The molecule has 0 aromatic heterocycles. The standard InChI is InChI=1S/C12H12F2O/c1-3-12(13,14)11-6-4-10(5-7-11)8-9(2)15/h3-7H,1,8H2,2H3. The molecule has 0 amide bonds. The molecule has 0 heterocycles. The lowest BCUT2D eigenvalue weighted by Gasteiger charge is -2.11. The molecule has 0 spiro atoms. The number of alkyl halides is 2. The van der Waals surface area contributed by atoms with E-state index in [1.807, 2.05) is 0 Å². The van der Waals surface area contributed by atoms with E-state index in [-0.39, 0.29) is 17.8 Å². The van der Waals surface area contributed by atoms with E-state index in [4.69, 9.17) is 0 Å². The summed E-state index contributed by atoms with van der Waals surface area (Å²) >= 11 is 0. The lowest BCUT2D eigenvalue weighted by molar-refractivity contribution is -0.116. The first-order valence-electron chi connectivity index (χ1n) is 4.56. The summed E-state index contributed by atoms with van der Waals surface area (Å²) in [7, 11) is 0.